The Hall–Kier alpha value is -0.123. The predicted octanol–water partition coefficient (Wildman–Crippen LogP) is 3.70. The minimum atomic E-state index is 1.10. The molecule has 0 aliphatic heterocycles. The van der Waals surface area contributed by atoms with Gasteiger partial charge in [0.2, 0.25) is 0 Å². The molecule has 0 nitrogen and oxygen atoms in total. The third-order valence-corrected chi connectivity index (χ3v) is 6.63. The molecule has 0 aliphatic rings. The molecule has 0 N–H and O–H groups in total. The molecule has 0 fully saturated rings. The first kappa shape index (κ1) is 13.3. The SMILES string of the molecule is CCCCc1c(Br)c(Br)c2ccccc2c1[SiH3]. The summed E-state index contributed by atoms with van der Waals surface area (Å²) in [5.41, 5.74) is 1.50. The maximum absolute atomic E-state index is 3.76. The summed E-state index contributed by atoms with van der Waals surface area (Å²) in [5, 5.41) is 4.29. The Bertz CT molecular complexity index is 549. The van der Waals surface area contributed by atoms with Gasteiger partial charge >= 0.3 is 0 Å². The van der Waals surface area contributed by atoms with Crippen molar-refractivity contribution in [3.05, 3.63) is 38.8 Å². The lowest BCUT2D eigenvalue weighted by Gasteiger charge is -2.14. The van der Waals surface area contributed by atoms with E-state index < -0.39 is 0 Å². The first-order valence-electron chi connectivity index (χ1n) is 6.02. The largest absolute Gasteiger partial charge is 0.0654 e. The Morgan fingerprint density at radius 3 is 2.35 bits per heavy atom. The van der Waals surface area contributed by atoms with Crippen molar-refractivity contribution >= 4 is 58.1 Å². The molecule has 0 heterocycles. The van der Waals surface area contributed by atoms with Crippen LogP contribution >= 0.6 is 31.9 Å². The van der Waals surface area contributed by atoms with Crippen LogP contribution in [-0.2, 0) is 6.42 Å². The summed E-state index contributed by atoms with van der Waals surface area (Å²) in [4.78, 5) is 0. The fraction of sp³-hybridized carbons (Fsp3) is 0.286. The number of hydrogen-bond donors (Lipinski definition) is 0. The second-order valence-corrected chi connectivity index (χ2v) is 6.97. The predicted molar refractivity (Wildman–Crippen MR) is 87.5 cm³/mol. The maximum atomic E-state index is 3.76. The quantitative estimate of drug-likeness (QED) is 0.721. The van der Waals surface area contributed by atoms with Crippen molar-refractivity contribution in [3.63, 3.8) is 0 Å². The smallest absolute Gasteiger partial charge is 0.0398 e. The second kappa shape index (κ2) is 5.68. The fourth-order valence-electron chi connectivity index (χ4n) is 2.23. The molecule has 2 aromatic rings. The molecule has 0 amide bonds. The highest BCUT2D eigenvalue weighted by Crippen LogP contribution is 2.33. The molecular formula is C14H16Br2Si. The van der Waals surface area contributed by atoms with Crippen LogP contribution in [0.2, 0.25) is 0 Å². The summed E-state index contributed by atoms with van der Waals surface area (Å²) in [7, 11) is 1.10. The summed E-state index contributed by atoms with van der Waals surface area (Å²) in [6.45, 7) is 2.25. The van der Waals surface area contributed by atoms with Crippen LogP contribution in [0.25, 0.3) is 10.8 Å². The van der Waals surface area contributed by atoms with Crippen molar-refractivity contribution < 1.29 is 0 Å². The Morgan fingerprint density at radius 1 is 1.06 bits per heavy atom. The van der Waals surface area contributed by atoms with Crippen LogP contribution in [-0.4, -0.2) is 10.2 Å². The van der Waals surface area contributed by atoms with Gasteiger partial charge in [0.25, 0.3) is 0 Å². The van der Waals surface area contributed by atoms with Crippen LogP contribution < -0.4 is 5.19 Å². The van der Waals surface area contributed by atoms with E-state index in [4.69, 9.17) is 0 Å². The summed E-state index contributed by atoms with van der Waals surface area (Å²) in [6, 6.07) is 8.67. The number of unbranched alkanes of at least 4 members (excludes halogenated alkanes) is 1. The first-order chi connectivity index (χ1) is 8.16. The molecule has 3 heteroatoms. The average molecular weight is 372 g/mol. The van der Waals surface area contributed by atoms with Gasteiger partial charge in [-0.1, -0.05) is 42.8 Å². The molecular weight excluding hydrogens is 356 g/mol. The zero-order valence-corrected chi connectivity index (χ0v) is 15.4. The molecule has 0 bridgehead atoms. The minimum absolute atomic E-state index is 1.10. The molecule has 2 rings (SSSR count). The van der Waals surface area contributed by atoms with Gasteiger partial charge in [0.05, 0.1) is 0 Å². The third-order valence-electron chi connectivity index (χ3n) is 3.26. The van der Waals surface area contributed by atoms with Crippen molar-refractivity contribution in [2.24, 2.45) is 0 Å². The lowest BCUT2D eigenvalue weighted by Crippen LogP contribution is -2.13. The molecule has 0 aromatic heterocycles. The van der Waals surface area contributed by atoms with E-state index >= 15 is 0 Å². The van der Waals surface area contributed by atoms with Crippen molar-refractivity contribution in [1.82, 2.24) is 0 Å². The van der Waals surface area contributed by atoms with E-state index in [1.807, 2.05) is 0 Å². The van der Waals surface area contributed by atoms with Gasteiger partial charge in [0.15, 0.2) is 0 Å². The molecule has 0 unspecified atom stereocenters. The number of halogens is 2. The molecule has 90 valence electrons. The van der Waals surface area contributed by atoms with Gasteiger partial charge in [0, 0.05) is 19.2 Å². The minimum Gasteiger partial charge on any atom is -0.0654 e. The van der Waals surface area contributed by atoms with Crippen LogP contribution in [0.3, 0.4) is 0 Å². The summed E-state index contributed by atoms with van der Waals surface area (Å²) < 4.78 is 2.47. The monoisotopic (exact) mass is 370 g/mol. The van der Waals surface area contributed by atoms with Crippen molar-refractivity contribution in [3.8, 4) is 0 Å². The topological polar surface area (TPSA) is 0 Å². The van der Waals surface area contributed by atoms with Gasteiger partial charge in [-0.2, -0.15) is 0 Å². The summed E-state index contributed by atoms with van der Waals surface area (Å²) in [6.07, 6.45) is 3.69. The molecule has 0 spiro atoms. The number of benzene rings is 2. The van der Waals surface area contributed by atoms with Gasteiger partial charge < -0.3 is 0 Å². The highest BCUT2D eigenvalue weighted by Gasteiger charge is 2.12. The number of hydrogen-bond acceptors (Lipinski definition) is 0. The number of fused-ring (bicyclic) bond motifs is 1. The van der Waals surface area contributed by atoms with Gasteiger partial charge in [-0.15, -0.1) is 0 Å². The van der Waals surface area contributed by atoms with E-state index in [2.05, 4.69) is 63.0 Å². The summed E-state index contributed by atoms with van der Waals surface area (Å²) in [5.74, 6) is 0. The fourth-order valence-corrected chi connectivity index (χ4v) is 4.83. The molecule has 17 heavy (non-hydrogen) atoms. The number of rotatable bonds is 3. The lowest BCUT2D eigenvalue weighted by atomic mass is 10.0. The van der Waals surface area contributed by atoms with Crippen LogP contribution in [0.1, 0.15) is 25.3 Å². The molecule has 0 atom stereocenters. The highest BCUT2D eigenvalue weighted by atomic mass is 79.9. The molecule has 0 saturated heterocycles. The van der Waals surface area contributed by atoms with E-state index in [1.54, 1.807) is 5.19 Å². The normalized spacial score (nSPS) is 11.2. The van der Waals surface area contributed by atoms with Crippen molar-refractivity contribution in [2.75, 3.05) is 0 Å². The van der Waals surface area contributed by atoms with Gasteiger partial charge in [-0.25, -0.2) is 0 Å². The van der Waals surface area contributed by atoms with Crippen molar-refractivity contribution in [2.45, 2.75) is 26.2 Å². The lowest BCUT2D eigenvalue weighted by molar-refractivity contribution is 0.796. The van der Waals surface area contributed by atoms with E-state index in [0.717, 1.165) is 10.2 Å². The molecule has 2 aromatic carbocycles. The van der Waals surface area contributed by atoms with Crippen LogP contribution in [0, 0.1) is 0 Å². The van der Waals surface area contributed by atoms with E-state index in [-0.39, 0.29) is 0 Å². The summed E-state index contributed by atoms with van der Waals surface area (Å²) >= 11 is 7.48. The Labute approximate surface area is 122 Å². The zero-order chi connectivity index (χ0) is 12.4. The van der Waals surface area contributed by atoms with E-state index in [1.165, 1.54) is 44.5 Å². The first-order valence-corrected chi connectivity index (χ1v) is 8.60. The molecule has 0 aliphatic carbocycles. The standard InChI is InChI=1S/C14H16Br2Si/c1-2-3-6-11-13(16)12(15)9-7-4-5-8-10(9)14(11)17/h4-5,7-8H,2-3,6H2,1,17H3. The Balaban J connectivity index is 2.68. The molecule has 0 radical (unpaired) electrons. The van der Waals surface area contributed by atoms with E-state index in [9.17, 15) is 0 Å². The molecule has 0 saturated carbocycles. The third kappa shape index (κ3) is 2.51. The van der Waals surface area contributed by atoms with E-state index in [0.29, 0.717) is 0 Å². The van der Waals surface area contributed by atoms with Crippen LogP contribution in [0.4, 0.5) is 0 Å². The average Bonchev–Trinajstić information content (AvgIpc) is 2.36. The Kier molecular flexibility index (Phi) is 4.45. The van der Waals surface area contributed by atoms with Crippen LogP contribution in [0.5, 0.6) is 0 Å². The second-order valence-electron chi connectivity index (χ2n) is 4.38. The highest BCUT2D eigenvalue weighted by molar-refractivity contribution is 9.13. The van der Waals surface area contributed by atoms with Gasteiger partial charge in [0.1, 0.15) is 0 Å². The zero-order valence-electron chi connectivity index (χ0n) is 10.2. The Morgan fingerprint density at radius 2 is 1.71 bits per heavy atom. The van der Waals surface area contributed by atoms with Gasteiger partial charge in [-0.05, 0) is 61.0 Å². The van der Waals surface area contributed by atoms with Crippen LogP contribution in [0.15, 0.2) is 33.2 Å². The van der Waals surface area contributed by atoms with Crippen molar-refractivity contribution in [1.29, 1.82) is 0 Å². The van der Waals surface area contributed by atoms with Gasteiger partial charge in [-0.3, -0.25) is 0 Å². The maximum Gasteiger partial charge on any atom is 0.0398 e.